The van der Waals surface area contributed by atoms with Crippen LogP contribution in [0.25, 0.3) is 0 Å². The molecular formula is C16H24N2O4S. The van der Waals surface area contributed by atoms with Crippen molar-refractivity contribution >= 4 is 17.7 Å². The van der Waals surface area contributed by atoms with Crippen LogP contribution >= 0.6 is 11.8 Å². The zero-order valence-electron chi connectivity index (χ0n) is 13.7. The summed E-state index contributed by atoms with van der Waals surface area (Å²) in [6, 6.07) is 5.24. The summed E-state index contributed by atoms with van der Waals surface area (Å²) in [4.78, 5) is 13.2. The Morgan fingerprint density at radius 3 is 2.83 bits per heavy atom. The van der Waals surface area contributed by atoms with Crippen LogP contribution in [0, 0.1) is 0 Å². The second-order valence-electron chi connectivity index (χ2n) is 5.69. The zero-order chi connectivity index (χ0) is 16.8. The number of nitrogens with zero attached hydrogens (tertiary/aromatic N) is 1. The third-order valence-electron chi connectivity index (χ3n) is 3.58. The van der Waals surface area contributed by atoms with Crippen molar-refractivity contribution in [3.8, 4) is 11.5 Å². The molecule has 2 N–H and O–H groups in total. The van der Waals surface area contributed by atoms with Crippen molar-refractivity contribution in [3.05, 3.63) is 23.8 Å². The fourth-order valence-electron chi connectivity index (χ4n) is 2.34. The molecule has 1 saturated heterocycles. The molecule has 7 heteroatoms. The maximum absolute atomic E-state index is 11.1. The minimum atomic E-state index is -0.811. The molecule has 0 saturated carbocycles. The molecule has 0 radical (unpaired) electrons. The van der Waals surface area contributed by atoms with Crippen LogP contribution in [0.4, 0.5) is 0 Å². The predicted octanol–water partition coefficient (Wildman–Crippen LogP) is 1.81. The molecule has 2 rings (SSSR count). The number of carboxylic acids is 1. The molecule has 2 unspecified atom stereocenters. The van der Waals surface area contributed by atoms with Gasteiger partial charge in [-0.25, -0.2) is 0 Å². The lowest BCUT2D eigenvalue weighted by Crippen LogP contribution is -2.33. The number of carboxylic acid groups (broad SMARTS) is 1. The zero-order valence-corrected chi connectivity index (χ0v) is 14.6. The standard InChI is InChI=1S/C16H24N2O4S/c1-18(2)7-4-8-22-14-9-11(5-6-13(14)21-3)15-17-12(10-23-15)16(19)20/h5-6,9,12,15,17H,4,7-8,10H2,1-3H3,(H,19,20). The average Bonchev–Trinajstić information content (AvgIpc) is 3.01. The highest BCUT2D eigenvalue weighted by atomic mass is 32.2. The van der Waals surface area contributed by atoms with Gasteiger partial charge in [-0.2, -0.15) is 0 Å². The van der Waals surface area contributed by atoms with Gasteiger partial charge in [0, 0.05) is 12.3 Å². The maximum atomic E-state index is 11.1. The topological polar surface area (TPSA) is 71.0 Å². The van der Waals surface area contributed by atoms with E-state index in [0.717, 1.165) is 18.5 Å². The predicted molar refractivity (Wildman–Crippen MR) is 91.4 cm³/mol. The fourth-order valence-corrected chi connectivity index (χ4v) is 3.56. The molecule has 1 aliphatic heterocycles. The molecule has 1 aromatic carbocycles. The number of methoxy groups -OCH3 is 1. The van der Waals surface area contributed by atoms with E-state index < -0.39 is 12.0 Å². The Balaban J connectivity index is 2.02. The van der Waals surface area contributed by atoms with E-state index in [4.69, 9.17) is 14.6 Å². The second kappa shape index (κ2) is 8.42. The number of nitrogens with one attached hydrogen (secondary N) is 1. The summed E-state index contributed by atoms with van der Waals surface area (Å²) in [6.45, 7) is 1.57. The Morgan fingerprint density at radius 1 is 1.43 bits per heavy atom. The van der Waals surface area contributed by atoms with E-state index in [2.05, 4.69) is 10.2 Å². The first-order valence-corrected chi connectivity index (χ1v) is 8.62. The van der Waals surface area contributed by atoms with Gasteiger partial charge in [0.1, 0.15) is 6.04 Å². The van der Waals surface area contributed by atoms with Gasteiger partial charge in [-0.3, -0.25) is 10.1 Å². The first-order chi connectivity index (χ1) is 11.0. The Morgan fingerprint density at radius 2 is 2.22 bits per heavy atom. The van der Waals surface area contributed by atoms with Crippen LogP contribution in [0.3, 0.4) is 0 Å². The number of aliphatic carboxylic acids is 1. The van der Waals surface area contributed by atoms with Crippen molar-refractivity contribution < 1.29 is 19.4 Å². The molecule has 0 amide bonds. The SMILES string of the molecule is COc1ccc(C2NC(C(=O)O)CS2)cc1OCCCN(C)C. The molecule has 1 heterocycles. The number of hydrogen-bond acceptors (Lipinski definition) is 6. The number of carbonyl (C=O) groups is 1. The Labute approximate surface area is 141 Å². The van der Waals surface area contributed by atoms with E-state index in [1.807, 2.05) is 32.3 Å². The third kappa shape index (κ3) is 5.02. The monoisotopic (exact) mass is 340 g/mol. The van der Waals surface area contributed by atoms with Crippen molar-refractivity contribution in [1.82, 2.24) is 10.2 Å². The maximum Gasteiger partial charge on any atom is 0.321 e. The van der Waals surface area contributed by atoms with E-state index in [9.17, 15) is 4.79 Å². The lowest BCUT2D eigenvalue weighted by molar-refractivity contribution is -0.138. The van der Waals surface area contributed by atoms with E-state index in [-0.39, 0.29) is 5.37 Å². The molecule has 0 aromatic heterocycles. The summed E-state index contributed by atoms with van der Waals surface area (Å²) in [5, 5.41) is 12.2. The van der Waals surface area contributed by atoms with Crippen LogP contribution in [-0.4, -0.2) is 62.1 Å². The summed E-state index contributed by atoms with van der Waals surface area (Å²) in [5.41, 5.74) is 1.00. The van der Waals surface area contributed by atoms with Crippen LogP contribution in [0.2, 0.25) is 0 Å². The van der Waals surface area contributed by atoms with E-state index in [1.54, 1.807) is 18.9 Å². The minimum absolute atomic E-state index is 0.0360. The van der Waals surface area contributed by atoms with E-state index in [1.165, 1.54) is 0 Å². The van der Waals surface area contributed by atoms with E-state index in [0.29, 0.717) is 23.9 Å². The lowest BCUT2D eigenvalue weighted by atomic mass is 10.2. The Kier molecular flexibility index (Phi) is 6.56. The summed E-state index contributed by atoms with van der Waals surface area (Å²) in [7, 11) is 5.68. The van der Waals surface area contributed by atoms with Gasteiger partial charge in [0.25, 0.3) is 0 Å². The quantitative estimate of drug-likeness (QED) is 0.699. The van der Waals surface area contributed by atoms with Gasteiger partial charge in [-0.05, 0) is 38.2 Å². The number of benzene rings is 1. The van der Waals surface area contributed by atoms with Crippen molar-refractivity contribution in [2.75, 3.05) is 40.1 Å². The smallest absolute Gasteiger partial charge is 0.321 e. The van der Waals surface area contributed by atoms with Crippen LogP contribution in [-0.2, 0) is 4.79 Å². The molecule has 1 aliphatic rings. The number of rotatable bonds is 8. The second-order valence-corrected chi connectivity index (χ2v) is 6.82. The molecule has 0 aliphatic carbocycles. The highest BCUT2D eigenvalue weighted by Crippen LogP contribution is 2.37. The Hall–Kier alpha value is -1.44. The summed E-state index contributed by atoms with van der Waals surface area (Å²) in [5.74, 6) is 1.14. The molecule has 1 fully saturated rings. The number of ether oxygens (including phenoxy) is 2. The number of hydrogen-bond donors (Lipinski definition) is 2. The molecule has 128 valence electrons. The first-order valence-electron chi connectivity index (χ1n) is 7.57. The minimum Gasteiger partial charge on any atom is -0.493 e. The van der Waals surface area contributed by atoms with Crippen molar-refractivity contribution in [3.63, 3.8) is 0 Å². The van der Waals surface area contributed by atoms with Gasteiger partial charge in [0.2, 0.25) is 0 Å². The Bertz CT molecular complexity index is 539. The third-order valence-corrected chi connectivity index (χ3v) is 4.85. The normalized spacial score (nSPS) is 20.7. The molecule has 2 atom stereocenters. The molecular weight excluding hydrogens is 316 g/mol. The highest BCUT2D eigenvalue weighted by molar-refractivity contribution is 7.99. The van der Waals surface area contributed by atoms with Crippen molar-refractivity contribution in [2.45, 2.75) is 17.8 Å². The summed E-state index contributed by atoms with van der Waals surface area (Å²) >= 11 is 1.59. The van der Waals surface area contributed by atoms with Crippen LogP contribution < -0.4 is 14.8 Å². The van der Waals surface area contributed by atoms with Crippen LogP contribution in [0.15, 0.2) is 18.2 Å². The van der Waals surface area contributed by atoms with Gasteiger partial charge in [0.15, 0.2) is 11.5 Å². The van der Waals surface area contributed by atoms with Crippen molar-refractivity contribution in [2.24, 2.45) is 0 Å². The number of thioether (sulfide) groups is 1. The molecule has 0 spiro atoms. The summed E-state index contributed by atoms with van der Waals surface area (Å²) in [6.07, 6.45) is 0.928. The van der Waals surface area contributed by atoms with Crippen LogP contribution in [0.5, 0.6) is 11.5 Å². The van der Waals surface area contributed by atoms with Gasteiger partial charge >= 0.3 is 5.97 Å². The van der Waals surface area contributed by atoms with Gasteiger partial charge in [0.05, 0.1) is 19.1 Å². The average molecular weight is 340 g/mol. The van der Waals surface area contributed by atoms with Crippen molar-refractivity contribution in [1.29, 1.82) is 0 Å². The molecule has 6 nitrogen and oxygen atoms in total. The molecule has 1 aromatic rings. The largest absolute Gasteiger partial charge is 0.493 e. The highest BCUT2D eigenvalue weighted by Gasteiger charge is 2.30. The van der Waals surface area contributed by atoms with Gasteiger partial charge in [-0.1, -0.05) is 6.07 Å². The fraction of sp³-hybridized carbons (Fsp3) is 0.562. The molecule has 0 bridgehead atoms. The van der Waals surface area contributed by atoms with Gasteiger partial charge < -0.3 is 19.5 Å². The summed E-state index contributed by atoms with van der Waals surface area (Å²) < 4.78 is 11.2. The van der Waals surface area contributed by atoms with Gasteiger partial charge in [-0.15, -0.1) is 11.8 Å². The first kappa shape index (κ1) is 17.9. The lowest BCUT2D eigenvalue weighted by Gasteiger charge is -2.16. The van der Waals surface area contributed by atoms with E-state index >= 15 is 0 Å². The van der Waals surface area contributed by atoms with Crippen LogP contribution in [0.1, 0.15) is 17.4 Å². The molecule has 23 heavy (non-hydrogen) atoms.